The number of benzene rings is 1. The zero-order valence-electron chi connectivity index (χ0n) is 10.0. The zero-order chi connectivity index (χ0) is 14.7. The molecule has 1 heterocycles. The van der Waals surface area contributed by atoms with Gasteiger partial charge in [0.05, 0.1) is 17.7 Å². The number of hydrogen-bond acceptors (Lipinski definition) is 6. The Bertz CT molecular complexity index is 675. The van der Waals surface area contributed by atoms with Crippen molar-refractivity contribution >= 4 is 51.6 Å². The number of aromatic nitrogens is 2. The summed E-state index contributed by atoms with van der Waals surface area (Å²) in [6.45, 7) is 0. The Kier molecular flexibility index (Phi) is 4.53. The lowest BCUT2D eigenvalue weighted by atomic mass is 10.2. The molecule has 0 aliphatic rings. The molecule has 2 aromatic rings. The van der Waals surface area contributed by atoms with Crippen LogP contribution in [0.15, 0.2) is 18.2 Å². The molecule has 0 aliphatic carbocycles. The van der Waals surface area contributed by atoms with E-state index in [2.05, 4.69) is 19.6 Å². The van der Waals surface area contributed by atoms with Gasteiger partial charge in [-0.1, -0.05) is 27.7 Å². The second-order valence-electron chi connectivity index (χ2n) is 3.52. The van der Waals surface area contributed by atoms with Gasteiger partial charge in [0.15, 0.2) is 5.00 Å². The molecule has 0 radical (unpaired) electrons. The van der Waals surface area contributed by atoms with Crippen molar-refractivity contribution in [1.29, 1.82) is 0 Å². The predicted molar refractivity (Wildman–Crippen MR) is 75.7 cm³/mol. The summed E-state index contributed by atoms with van der Waals surface area (Å²) in [5.74, 6) is -1.18. The molecule has 104 valence electrons. The molecule has 0 atom stereocenters. The molecular weight excluding hydrogens is 325 g/mol. The van der Waals surface area contributed by atoms with Gasteiger partial charge in [0.1, 0.15) is 0 Å². The van der Waals surface area contributed by atoms with Crippen LogP contribution in [0.4, 0.5) is 5.00 Å². The van der Waals surface area contributed by atoms with Crippen molar-refractivity contribution in [2.24, 2.45) is 0 Å². The molecule has 0 bridgehead atoms. The fourth-order valence-corrected chi connectivity index (χ4v) is 2.39. The Morgan fingerprint density at radius 3 is 2.75 bits per heavy atom. The largest absolute Gasteiger partial charge is 0.464 e. The van der Waals surface area contributed by atoms with Gasteiger partial charge in [0.25, 0.3) is 5.91 Å². The third kappa shape index (κ3) is 3.06. The lowest BCUT2D eigenvalue weighted by Gasteiger charge is -2.05. The third-order valence-electron chi connectivity index (χ3n) is 2.27. The fraction of sp³-hybridized carbons (Fsp3) is 0.0909. The van der Waals surface area contributed by atoms with Gasteiger partial charge in [-0.15, -0.1) is 5.10 Å². The predicted octanol–water partition coefficient (Wildman–Crippen LogP) is 2.88. The van der Waals surface area contributed by atoms with Gasteiger partial charge in [0, 0.05) is 16.6 Å². The first-order valence-corrected chi connectivity index (χ1v) is 6.73. The highest BCUT2D eigenvalue weighted by atomic mass is 35.5. The monoisotopic (exact) mass is 331 g/mol. The standard InChI is InChI=1S/C11H7Cl2N3O3S/c1-19-11(18)8-10(20-16-15-8)14-9(17)6-3-2-5(12)4-7(6)13/h2-4H,1H3,(H,14,17). The topological polar surface area (TPSA) is 81.2 Å². The quantitative estimate of drug-likeness (QED) is 0.874. The van der Waals surface area contributed by atoms with Gasteiger partial charge in [-0.05, 0) is 18.2 Å². The summed E-state index contributed by atoms with van der Waals surface area (Å²) in [7, 11) is 1.21. The molecule has 1 aromatic carbocycles. The normalized spacial score (nSPS) is 10.2. The van der Waals surface area contributed by atoms with Crippen LogP contribution in [-0.2, 0) is 4.74 Å². The maximum atomic E-state index is 12.1. The maximum Gasteiger partial charge on any atom is 0.361 e. The minimum Gasteiger partial charge on any atom is -0.464 e. The molecule has 6 nitrogen and oxygen atoms in total. The van der Waals surface area contributed by atoms with E-state index in [1.807, 2.05) is 0 Å². The van der Waals surface area contributed by atoms with Crippen molar-refractivity contribution in [3.8, 4) is 0 Å². The van der Waals surface area contributed by atoms with Crippen LogP contribution in [0, 0.1) is 0 Å². The van der Waals surface area contributed by atoms with Gasteiger partial charge < -0.3 is 10.1 Å². The van der Waals surface area contributed by atoms with E-state index in [1.165, 1.54) is 25.3 Å². The van der Waals surface area contributed by atoms with Crippen molar-refractivity contribution in [1.82, 2.24) is 9.59 Å². The summed E-state index contributed by atoms with van der Waals surface area (Å²) in [6.07, 6.45) is 0. The summed E-state index contributed by atoms with van der Waals surface area (Å²) in [5.41, 5.74) is 0.163. The van der Waals surface area contributed by atoms with Crippen molar-refractivity contribution in [3.05, 3.63) is 39.5 Å². The lowest BCUT2D eigenvalue weighted by molar-refractivity contribution is 0.0595. The number of rotatable bonds is 3. The molecule has 9 heteroatoms. The number of nitrogens with zero attached hydrogens (tertiary/aromatic N) is 2. The third-order valence-corrected chi connectivity index (χ3v) is 3.46. The first-order chi connectivity index (χ1) is 9.52. The molecule has 20 heavy (non-hydrogen) atoms. The number of hydrogen-bond donors (Lipinski definition) is 1. The highest BCUT2D eigenvalue weighted by molar-refractivity contribution is 7.10. The lowest BCUT2D eigenvalue weighted by Crippen LogP contribution is -2.14. The Morgan fingerprint density at radius 1 is 1.35 bits per heavy atom. The van der Waals surface area contributed by atoms with Crippen molar-refractivity contribution in [3.63, 3.8) is 0 Å². The van der Waals surface area contributed by atoms with Crippen LogP contribution < -0.4 is 5.32 Å². The SMILES string of the molecule is COC(=O)c1nnsc1NC(=O)c1ccc(Cl)cc1Cl. The van der Waals surface area contributed by atoms with Crippen LogP contribution in [0.1, 0.15) is 20.8 Å². The molecular formula is C11H7Cl2N3O3S. The smallest absolute Gasteiger partial charge is 0.361 e. The number of halogens is 2. The van der Waals surface area contributed by atoms with Gasteiger partial charge in [-0.3, -0.25) is 4.79 Å². The van der Waals surface area contributed by atoms with E-state index in [0.717, 1.165) is 11.5 Å². The molecule has 1 amide bonds. The van der Waals surface area contributed by atoms with Crippen LogP contribution in [0.3, 0.4) is 0 Å². The minimum absolute atomic E-state index is 0.0593. The van der Waals surface area contributed by atoms with E-state index in [1.54, 1.807) is 0 Å². The first kappa shape index (κ1) is 14.7. The van der Waals surface area contributed by atoms with E-state index in [-0.39, 0.29) is 21.3 Å². The van der Waals surface area contributed by atoms with Crippen molar-refractivity contribution in [2.75, 3.05) is 12.4 Å². The Labute approximate surface area is 127 Å². The van der Waals surface area contributed by atoms with E-state index in [4.69, 9.17) is 23.2 Å². The van der Waals surface area contributed by atoms with Gasteiger partial charge in [-0.2, -0.15) is 0 Å². The number of carbonyl (C=O) groups is 2. The molecule has 2 rings (SSSR count). The number of carbonyl (C=O) groups excluding carboxylic acids is 2. The Hall–Kier alpha value is -1.70. The first-order valence-electron chi connectivity index (χ1n) is 5.20. The summed E-state index contributed by atoms with van der Waals surface area (Å²) in [6, 6.07) is 4.46. The van der Waals surface area contributed by atoms with Crippen molar-refractivity contribution in [2.45, 2.75) is 0 Å². The molecule has 1 aromatic heterocycles. The second-order valence-corrected chi connectivity index (χ2v) is 5.12. The Balaban J connectivity index is 2.24. The van der Waals surface area contributed by atoms with Gasteiger partial charge in [-0.25, -0.2) is 4.79 Å². The van der Waals surface area contributed by atoms with Gasteiger partial charge in [0.2, 0.25) is 5.69 Å². The fourth-order valence-electron chi connectivity index (χ4n) is 1.35. The van der Waals surface area contributed by atoms with Crippen LogP contribution in [-0.4, -0.2) is 28.6 Å². The molecule has 0 aliphatic heterocycles. The maximum absolute atomic E-state index is 12.1. The van der Waals surface area contributed by atoms with Crippen molar-refractivity contribution < 1.29 is 14.3 Å². The zero-order valence-corrected chi connectivity index (χ0v) is 12.3. The van der Waals surface area contributed by atoms with E-state index >= 15 is 0 Å². The number of methoxy groups -OCH3 is 1. The number of esters is 1. The Morgan fingerprint density at radius 2 is 2.10 bits per heavy atom. The average molecular weight is 332 g/mol. The summed E-state index contributed by atoms with van der Waals surface area (Å²) in [4.78, 5) is 23.5. The number of nitrogens with one attached hydrogen (secondary N) is 1. The highest BCUT2D eigenvalue weighted by Crippen LogP contribution is 2.24. The summed E-state index contributed by atoms with van der Waals surface area (Å²) < 4.78 is 8.13. The summed E-state index contributed by atoms with van der Waals surface area (Å²) in [5, 5.41) is 6.91. The molecule has 0 unspecified atom stereocenters. The average Bonchev–Trinajstić information content (AvgIpc) is 2.85. The number of amides is 1. The van der Waals surface area contributed by atoms with Crippen LogP contribution in [0.2, 0.25) is 10.0 Å². The van der Waals surface area contributed by atoms with Crippen LogP contribution >= 0.6 is 34.7 Å². The van der Waals surface area contributed by atoms with Crippen LogP contribution in [0.5, 0.6) is 0 Å². The van der Waals surface area contributed by atoms with E-state index in [9.17, 15) is 9.59 Å². The molecule has 0 spiro atoms. The molecule has 1 N–H and O–H groups in total. The van der Waals surface area contributed by atoms with E-state index < -0.39 is 11.9 Å². The van der Waals surface area contributed by atoms with Gasteiger partial charge >= 0.3 is 5.97 Å². The summed E-state index contributed by atoms with van der Waals surface area (Å²) >= 11 is 12.5. The number of ether oxygens (including phenoxy) is 1. The van der Waals surface area contributed by atoms with Crippen LogP contribution in [0.25, 0.3) is 0 Å². The van der Waals surface area contributed by atoms with E-state index in [0.29, 0.717) is 5.02 Å². The highest BCUT2D eigenvalue weighted by Gasteiger charge is 2.20. The molecule has 0 saturated heterocycles. The molecule has 0 saturated carbocycles. The minimum atomic E-state index is -0.684. The second kappa shape index (κ2) is 6.17. The molecule has 0 fully saturated rings. The number of anilines is 1.